The second-order valence-electron chi connectivity index (χ2n) is 1.24. The van der Waals surface area contributed by atoms with Crippen LogP contribution < -0.4 is 10.2 Å². The number of carbonyl (C=O) groups excluding carboxylic acids is 2. The van der Waals surface area contributed by atoms with Crippen LogP contribution in [0.4, 0.5) is 0 Å². The maximum absolute atomic E-state index is 9.57. The summed E-state index contributed by atoms with van der Waals surface area (Å²) in [5.41, 5.74) is 0. The largest absolute Gasteiger partial charge is 2.00 e. The van der Waals surface area contributed by atoms with Crippen molar-refractivity contribution in [3.05, 3.63) is 0 Å². The molecule has 0 aliphatic carbocycles. The molecule has 0 bridgehead atoms. The molecule has 0 spiro atoms. The van der Waals surface area contributed by atoms with Gasteiger partial charge in [-0.25, -0.2) is 0 Å². The molecule has 0 amide bonds. The van der Waals surface area contributed by atoms with Gasteiger partial charge in [-0.05, 0) is 0 Å². The normalized spacial score (nSPS) is 8.46. The SMILES string of the molecule is O=C([O-])C(I)I.O=C([O-])C(I)I.[Cd+2]. The van der Waals surface area contributed by atoms with Gasteiger partial charge in [0.25, 0.3) is 0 Å². The Kier molecular flexibility index (Phi) is 20.9. The Hall–Kier alpha value is 2.78. The molecule has 0 unspecified atom stereocenters. The summed E-state index contributed by atoms with van der Waals surface area (Å²) in [6, 6.07) is 0. The van der Waals surface area contributed by atoms with E-state index in [0.29, 0.717) is 0 Å². The second kappa shape index (κ2) is 12.8. The van der Waals surface area contributed by atoms with Gasteiger partial charge in [-0.15, -0.1) is 0 Å². The summed E-state index contributed by atoms with van der Waals surface area (Å²) >= 11 is 7.03. The minimum absolute atomic E-state index is 0. The molecule has 0 fully saturated rings. The fourth-order valence-corrected chi connectivity index (χ4v) is 0. The molecule has 0 radical (unpaired) electrons. The van der Waals surface area contributed by atoms with Crippen molar-refractivity contribution >= 4 is 102 Å². The van der Waals surface area contributed by atoms with Gasteiger partial charge >= 0.3 is 27.3 Å². The van der Waals surface area contributed by atoms with E-state index in [4.69, 9.17) is 0 Å². The number of rotatable bonds is 2. The first-order valence-electron chi connectivity index (χ1n) is 2.27. The molecule has 0 N–H and O–H groups in total. The average molecular weight is 734 g/mol. The van der Waals surface area contributed by atoms with Crippen LogP contribution >= 0.6 is 90.4 Å². The fourth-order valence-electron chi connectivity index (χ4n) is 0. The number of hydrogen-bond acceptors (Lipinski definition) is 4. The molecule has 0 atom stereocenters. The molecule has 0 aliphatic rings. The Balaban J connectivity index is -0.000000143. The summed E-state index contributed by atoms with van der Waals surface area (Å²) in [7, 11) is 0. The zero-order valence-corrected chi connectivity index (χ0v) is 18.7. The Morgan fingerprint density at radius 3 is 0.923 bits per heavy atom. The molecule has 0 aliphatic heterocycles. The quantitative estimate of drug-likeness (QED) is 0.225. The van der Waals surface area contributed by atoms with E-state index in [-0.39, 0.29) is 27.3 Å². The van der Waals surface area contributed by atoms with Crippen LogP contribution in [0.3, 0.4) is 0 Å². The molecule has 0 aromatic heterocycles. The van der Waals surface area contributed by atoms with E-state index in [1.54, 1.807) is 90.4 Å². The van der Waals surface area contributed by atoms with Crippen molar-refractivity contribution < 1.29 is 47.1 Å². The monoisotopic (exact) mass is 736 g/mol. The van der Waals surface area contributed by atoms with E-state index in [2.05, 4.69) is 0 Å². The number of hydrogen-bond donors (Lipinski definition) is 0. The maximum atomic E-state index is 9.57. The zero-order valence-electron chi connectivity index (χ0n) is 6.01. The molecule has 0 saturated carbocycles. The first-order valence-corrected chi connectivity index (χ1v) is 7.25. The first-order chi connectivity index (χ1) is 5.29. The first kappa shape index (κ1) is 21.1. The standard InChI is InChI=1S/2C2H2I2O2.Cd/c2*3-1(4)2(5)6;/h2*1H,(H,5,6);/q;;+2/p-2. The van der Waals surface area contributed by atoms with E-state index in [1.807, 2.05) is 0 Å². The van der Waals surface area contributed by atoms with Crippen molar-refractivity contribution in [1.29, 1.82) is 0 Å². The molecule has 9 heteroatoms. The van der Waals surface area contributed by atoms with Gasteiger partial charge in [-0.3, -0.25) is 0 Å². The van der Waals surface area contributed by atoms with Crippen LogP contribution in [0.5, 0.6) is 0 Å². The van der Waals surface area contributed by atoms with E-state index < -0.39 is 15.8 Å². The average Bonchev–Trinajstić information content (AvgIpc) is 1.88. The van der Waals surface area contributed by atoms with Gasteiger partial charge in [0, 0.05) is 0 Å². The third-order valence-electron chi connectivity index (χ3n) is 0.356. The Bertz CT molecular complexity index is 144. The number of carboxylic acids is 2. The minimum atomic E-state index is -1.02. The Morgan fingerprint density at radius 2 is 0.923 bits per heavy atom. The molecule has 72 valence electrons. The van der Waals surface area contributed by atoms with E-state index >= 15 is 0 Å². The molecule has 0 rings (SSSR count). The van der Waals surface area contributed by atoms with Crippen LogP contribution in [0.2, 0.25) is 0 Å². The molecule has 13 heavy (non-hydrogen) atoms. The van der Waals surface area contributed by atoms with Gasteiger partial charge in [0.1, 0.15) is 3.86 Å². The van der Waals surface area contributed by atoms with Crippen LogP contribution in [0, 0.1) is 0 Å². The van der Waals surface area contributed by atoms with Crippen molar-refractivity contribution in [2.24, 2.45) is 0 Å². The predicted molar refractivity (Wildman–Crippen MR) is 73.7 cm³/mol. The Morgan fingerprint density at radius 1 is 0.846 bits per heavy atom. The molecule has 0 aromatic carbocycles. The van der Waals surface area contributed by atoms with Gasteiger partial charge in [0.2, 0.25) is 0 Å². The number of halogens is 4. The van der Waals surface area contributed by atoms with Gasteiger partial charge in [0.05, 0.1) is 11.9 Å². The van der Waals surface area contributed by atoms with Gasteiger partial charge in [-0.2, -0.15) is 0 Å². The molecule has 0 saturated heterocycles. The molecule has 4 nitrogen and oxygen atoms in total. The van der Waals surface area contributed by atoms with Crippen molar-refractivity contribution in [2.75, 3.05) is 0 Å². The summed E-state index contributed by atoms with van der Waals surface area (Å²) in [6.07, 6.45) is 0. The van der Waals surface area contributed by atoms with Gasteiger partial charge in [-0.1, -0.05) is 90.4 Å². The molecular formula is C4H2CdI4O4. The smallest absolute Gasteiger partial charge is 0.548 e. The van der Waals surface area contributed by atoms with Crippen molar-refractivity contribution in [1.82, 2.24) is 0 Å². The van der Waals surface area contributed by atoms with E-state index in [0.717, 1.165) is 0 Å². The topological polar surface area (TPSA) is 80.3 Å². The van der Waals surface area contributed by atoms with Crippen LogP contribution in [0.15, 0.2) is 0 Å². The second-order valence-corrected chi connectivity index (χ2v) is 11.0. The summed E-state index contributed by atoms with van der Waals surface area (Å²) in [4.78, 5) is 19.1. The number of carboxylic acid groups (broad SMARTS) is 2. The molecule has 0 aromatic rings. The number of aliphatic carboxylic acids is 2. The van der Waals surface area contributed by atoms with Gasteiger partial charge < -0.3 is 19.8 Å². The summed E-state index contributed by atoms with van der Waals surface area (Å²) in [6.45, 7) is 0. The summed E-state index contributed by atoms with van der Waals surface area (Å²) in [5, 5.41) is 19.1. The number of carbonyl (C=O) groups is 2. The third kappa shape index (κ3) is 20.8. The van der Waals surface area contributed by atoms with Crippen molar-refractivity contribution in [2.45, 2.75) is 3.86 Å². The Labute approximate surface area is 150 Å². The van der Waals surface area contributed by atoms with Crippen LogP contribution in [0.25, 0.3) is 0 Å². The fraction of sp³-hybridized carbons (Fsp3) is 0.500. The van der Waals surface area contributed by atoms with Crippen molar-refractivity contribution in [3.8, 4) is 0 Å². The summed E-state index contributed by atoms with van der Waals surface area (Å²) in [5.74, 6) is -2.03. The predicted octanol–water partition coefficient (Wildman–Crippen LogP) is -0.138. The van der Waals surface area contributed by atoms with Crippen LogP contribution in [0.1, 0.15) is 0 Å². The van der Waals surface area contributed by atoms with Crippen LogP contribution in [-0.2, 0) is 36.9 Å². The van der Waals surface area contributed by atoms with Gasteiger partial charge in [0.15, 0.2) is 0 Å². The minimum Gasteiger partial charge on any atom is -0.548 e. The van der Waals surface area contributed by atoms with Crippen LogP contribution in [-0.4, -0.2) is 15.8 Å². The van der Waals surface area contributed by atoms with E-state index in [9.17, 15) is 19.8 Å². The summed E-state index contributed by atoms with van der Waals surface area (Å²) < 4.78 is -0.805. The third-order valence-corrected chi connectivity index (χ3v) is 2.39. The molecular weight excluding hydrogens is 732 g/mol. The maximum Gasteiger partial charge on any atom is 2.00 e. The zero-order chi connectivity index (χ0) is 10.3. The molecule has 0 heterocycles. The van der Waals surface area contributed by atoms with Crippen molar-refractivity contribution in [3.63, 3.8) is 0 Å². The number of alkyl halides is 4. The van der Waals surface area contributed by atoms with E-state index in [1.165, 1.54) is 0 Å².